The summed E-state index contributed by atoms with van der Waals surface area (Å²) in [7, 11) is 0. The van der Waals surface area contributed by atoms with E-state index in [9.17, 15) is 0 Å². The smallest absolute Gasteiger partial charge is 0.187 e. The van der Waals surface area contributed by atoms with Crippen LogP contribution in [0.25, 0.3) is 0 Å². The van der Waals surface area contributed by atoms with E-state index in [1.807, 2.05) is 24.3 Å². The number of nitriles is 1. The maximum atomic E-state index is 8.72. The summed E-state index contributed by atoms with van der Waals surface area (Å²) in [4.78, 5) is 5.99. The van der Waals surface area contributed by atoms with Gasteiger partial charge in [-0.2, -0.15) is 5.26 Å². The Bertz CT molecular complexity index is 556. The first kappa shape index (κ1) is 10.3. The average molecular weight is 241 g/mol. The number of aromatic nitrogens is 1. The van der Waals surface area contributed by atoms with Crippen molar-refractivity contribution < 1.29 is 0 Å². The predicted molar refractivity (Wildman–Crippen MR) is 68.6 cm³/mol. The zero-order valence-corrected chi connectivity index (χ0v) is 10.0. The molecule has 0 amide bonds. The summed E-state index contributed by atoms with van der Waals surface area (Å²) in [5, 5.41) is 13.0. The molecule has 1 aliphatic carbocycles. The van der Waals surface area contributed by atoms with Crippen molar-refractivity contribution >= 4 is 22.2 Å². The quantitative estimate of drug-likeness (QED) is 0.878. The molecule has 0 aliphatic heterocycles. The molecular weight excluding hydrogens is 230 g/mol. The Morgan fingerprint density at radius 3 is 2.76 bits per heavy atom. The molecule has 0 saturated carbocycles. The van der Waals surface area contributed by atoms with Gasteiger partial charge in [0, 0.05) is 10.6 Å². The highest BCUT2D eigenvalue weighted by molar-refractivity contribution is 7.15. The number of thiazole rings is 1. The van der Waals surface area contributed by atoms with Crippen LogP contribution in [0.5, 0.6) is 0 Å². The Hall–Kier alpha value is -1.86. The molecule has 3 nitrogen and oxygen atoms in total. The minimum atomic E-state index is 0.678. The lowest BCUT2D eigenvalue weighted by Gasteiger charge is -2.01. The highest BCUT2D eigenvalue weighted by atomic mass is 32.1. The normalized spacial score (nSPS) is 13.1. The minimum Gasteiger partial charge on any atom is -0.332 e. The molecule has 0 unspecified atom stereocenters. The van der Waals surface area contributed by atoms with Gasteiger partial charge in [-0.25, -0.2) is 4.98 Å². The minimum absolute atomic E-state index is 0.678. The van der Waals surface area contributed by atoms with Gasteiger partial charge in [0.05, 0.1) is 17.3 Å². The third-order valence-electron chi connectivity index (χ3n) is 2.86. The molecule has 3 rings (SSSR count). The van der Waals surface area contributed by atoms with Crippen LogP contribution in [0.15, 0.2) is 24.3 Å². The number of fused-ring (bicyclic) bond motifs is 1. The molecule has 0 spiro atoms. The van der Waals surface area contributed by atoms with Gasteiger partial charge in [-0.3, -0.25) is 0 Å². The second kappa shape index (κ2) is 4.19. The van der Waals surface area contributed by atoms with Gasteiger partial charge in [0.25, 0.3) is 0 Å². The summed E-state index contributed by atoms with van der Waals surface area (Å²) < 4.78 is 0. The molecular formula is C13H11N3S. The Balaban J connectivity index is 1.79. The van der Waals surface area contributed by atoms with Crippen molar-refractivity contribution in [2.45, 2.75) is 19.3 Å². The zero-order valence-electron chi connectivity index (χ0n) is 9.23. The summed E-state index contributed by atoms with van der Waals surface area (Å²) in [6, 6.07) is 9.54. The zero-order chi connectivity index (χ0) is 11.7. The van der Waals surface area contributed by atoms with Gasteiger partial charge in [-0.15, -0.1) is 11.3 Å². The molecule has 0 atom stereocenters. The third-order valence-corrected chi connectivity index (χ3v) is 3.93. The maximum Gasteiger partial charge on any atom is 0.187 e. The molecule has 0 radical (unpaired) electrons. The van der Waals surface area contributed by atoms with Crippen molar-refractivity contribution in [2.75, 3.05) is 5.32 Å². The van der Waals surface area contributed by atoms with E-state index in [2.05, 4.69) is 16.4 Å². The lowest BCUT2D eigenvalue weighted by molar-refractivity contribution is 0.900. The first-order chi connectivity index (χ1) is 8.35. The fourth-order valence-corrected chi connectivity index (χ4v) is 3.07. The number of benzene rings is 1. The van der Waals surface area contributed by atoms with E-state index in [1.165, 1.54) is 23.4 Å². The topological polar surface area (TPSA) is 48.7 Å². The van der Waals surface area contributed by atoms with Crippen LogP contribution in [-0.2, 0) is 12.8 Å². The van der Waals surface area contributed by atoms with Crippen molar-refractivity contribution in [2.24, 2.45) is 0 Å². The fraction of sp³-hybridized carbons (Fsp3) is 0.231. The Morgan fingerprint density at radius 2 is 2.06 bits per heavy atom. The van der Waals surface area contributed by atoms with Crippen LogP contribution in [0, 0.1) is 11.3 Å². The van der Waals surface area contributed by atoms with Crippen molar-refractivity contribution in [3.8, 4) is 6.07 Å². The maximum absolute atomic E-state index is 8.72. The van der Waals surface area contributed by atoms with Gasteiger partial charge in [-0.05, 0) is 43.5 Å². The molecule has 1 heterocycles. The Labute approximate surface area is 104 Å². The molecule has 84 valence electrons. The number of hydrogen-bond donors (Lipinski definition) is 1. The van der Waals surface area contributed by atoms with E-state index in [1.54, 1.807) is 11.3 Å². The SMILES string of the molecule is N#Cc1ccc(Nc2nc3c(s2)CCC3)cc1. The van der Waals surface area contributed by atoms with Crippen LogP contribution in [0.3, 0.4) is 0 Å². The molecule has 1 N–H and O–H groups in total. The lowest BCUT2D eigenvalue weighted by atomic mass is 10.2. The summed E-state index contributed by atoms with van der Waals surface area (Å²) in [6.45, 7) is 0. The first-order valence-corrected chi connectivity index (χ1v) is 6.42. The summed E-state index contributed by atoms with van der Waals surface area (Å²) >= 11 is 1.74. The van der Waals surface area contributed by atoms with E-state index in [4.69, 9.17) is 5.26 Å². The van der Waals surface area contributed by atoms with E-state index in [0.717, 1.165) is 17.2 Å². The van der Waals surface area contributed by atoms with Crippen molar-refractivity contribution in [1.82, 2.24) is 4.98 Å². The van der Waals surface area contributed by atoms with Crippen LogP contribution < -0.4 is 5.32 Å². The van der Waals surface area contributed by atoms with Gasteiger partial charge < -0.3 is 5.32 Å². The molecule has 0 saturated heterocycles. The largest absolute Gasteiger partial charge is 0.332 e. The molecule has 2 aromatic rings. The Morgan fingerprint density at radius 1 is 1.24 bits per heavy atom. The second-order valence-electron chi connectivity index (χ2n) is 4.06. The van der Waals surface area contributed by atoms with Crippen LogP contribution in [-0.4, -0.2) is 4.98 Å². The van der Waals surface area contributed by atoms with Crippen LogP contribution in [0.1, 0.15) is 22.6 Å². The van der Waals surface area contributed by atoms with Gasteiger partial charge >= 0.3 is 0 Å². The van der Waals surface area contributed by atoms with E-state index in [-0.39, 0.29) is 0 Å². The van der Waals surface area contributed by atoms with Crippen molar-refractivity contribution in [3.63, 3.8) is 0 Å². The number of aryl methyl sites for hydroxylation is 2. The average Bonchev–Trinajstić information content (AvgIpc) is 2.90. The molecule has 17 heavy (non-hydrogen) atoms. The van der Waals surface area contributed by atoms with Crippen molar-refractivity contribution in [3.05, 3.63) is 40.4 Å². The Kier molecular flexibility index (Phi) is 2.54. The summed E-state index contributed by atoms with van der Waals surface area (Å²) in [5.41, 5.74) is 2.92. The standard InChI is InChI=1S/C13H11N3S/c14-8-9-4-6-10(7-5-9)15-13-16-11-2-1-3-12(11)17-13/h4-7H,1-3H2,(H,15,16). The molecule has 1 aromatic carbocycles. The first-order valence-electron chi connectivity index (χ1n) is 5.61. The lowest BCUT2D eigenvalue weighted by Crippen LogP contribution is -1.90. The molecule has 0 fully saturated rings. The molecule has 1 aliphatic rings. The third kappa shape index (κ3) is 2.02. The summed E-state index contributed by atoms with van der Waals surface area (Å²) in [5.74, 6) is 0. The van der Waals surface area contributed by atoms with Gasteiger partial charge in [-0.1, -0.05) is 0 Å². The van der Waals surface area contributed by atoms with Gasteiger partial charge in [0.1, 0.15) is 0 Å². The van der Waals surface area contributed by atoms with Gasteiger partial charge in [0.15, 0.2) is 5.13 Å². The van der Waals surface area contributed by atoms with Crippen molar-refractivity contribution in [1.29, 1.82) is 5.26 Å². The van der Waals surface area contributed by atoms with Crippen LogP contribution in [0.2, 0.25) is 0 Å². The van der Waals surface area contributed by atoms with E-state index < -0.39 is 0 Å². The van der Waals surface area contributed by atoms with E-state index >= 15 is 0 Å². The van der Waals surface area contributed by atoms with Gasteiger partial charge in [0.2, 0.25) is 0 Å². The second-order valence-corrected chi connectivity index (χ2v) is 5.14. The molecule has 1 aromatic heterocycles. The van der Waals surface area contributed by atoms with E-state index in [0.29, 0.717) is 5.56 Å². The number of anilines is 2. The number of nitrogens with zero attached hydrogens (tertiary/aromatic N) is 2. The van der Waals surface area contributed by atoms with Crippen LogP contribution in [0.4, 0.5) is 10.8 Å². The fourth-order valence-electron chi connectivity index (χ4n) is 2.00. The molecule has 0 bridgehead atoms. The number of nitrogens with one attached hydrogen (secondary N) is 1. The monoisotopic (exact) mass is 241 g/mol. The highest BCUT2D eigenvalue weighted by Crippen LogP contribution is 2.31. The highest BCUT2D eigenvalue weighted by Gasteiger charge is 2.16. The van der Waals surface area contributed by atoms with Crippen LogP contribution >= 0.6 is 11.3 Å². The summed E-state index contributed by atoms with van der Waals surface area (Å²) in [6.07, 6.45) is 3.52. The number of rotatable bonds is 2. The predicted octanol–water partition coefficient (Wildman–Crippen LogP) is 3.25. The number of hydrogen-bond acceptors (Lipinski definition) is 4. The molecule has 4 heteroatoms.